The number of carbonyl (C=O) groups is 1. The van der Waals surface area contributed by atoms with Crippen molar-refractivity contribution in [3.63, 3.8) is 0 Å². The topological polar surface area (TPSA) is 50.2 Å². The molecule has 0 unspecified atom stereocenters. The van der Waals surface area contributed by atoms with Crippen LogP contribution < -0.4 is 0 Å². The van der Waals surface area contributed by atoms with Crippen LogP contribution in [0.1, 0.15) is 20.8 Å². The molecule has 3 aromatic rings. The van der Waals surface area contributed by atoms with Crippen LogP contribution in [0.3, 0.4) is 0 Å². The number of nitrogens with zero attached hydrogens (tertiary/aromatic N) is 1. The largest absolute Gasteiger partial charge is 0.477 e. The van der Waals surface area contributed by atoms with Crippen LogP contribution in [0.15, 0.2) is 48.5 Å². The zero-order valence-electron chi connectivity index (χ0n) is 12.3. The van der Waals surface area contributed by atoms with E-state index in [1.165, 1.54) is 11.3 Å². The molecule has 0 amide bonds. The number of benzene rings is 2. The smallest absolute Gasteiger partial charge is 0.348 e. The first-order chi connectivity index (χ1) is 10.6. The van der Waals surface area contributed by atoms with Crippen molar-refractivity contribution in [1.82, 2.24) is 4.98 Å². The lowest BCUT2D eigenvalue weighted by atomic mass is 10.1. The molecule has 0 aliphatic rings. The average molecular weight is 309 g/mol. The Hall–Kier alpha value is -2.46. The van der Waals surface area contributed by atoms with Gasteiger partial charge in [-0.1, -0.05) is 48.0 Å². The van der Waals surface area contributed by atoms with Crippen LogP contribution in [0.2, 0.25) is 0 Å². The number of aryl methyl sites for hydroxylation is 2. The van der Waals surface area contributed by atoms with Crippen molar-refractivity contribution in [2.24, 2.45) is 0 Å². The highest BCUT2D eigenvalue weighted by Crippen LogP contribution is 2.35. The Morgan fingerprint density at radius 3 is 2.55 bits per heavy atom. The van der Waals surface area contributed by atoms with Gasteiger partial charge in [-0.3, -0.25) is 0 Å². The summed E-state index contributed by atoms with van der Waals surface area (Å²) < 4.78 is 0. The van der Waals surface area contributed by atoms with Crippen molar-refractivity contribution >= 4 is 17.3 Å². The molecule has 0 saturated carbocycles. The average Bonchev–Trinajstić information content (AvgIpc) is 2.93. The number of aromatic carboxylic acids is 1. The molecule has 3 rings (SSSR count). The van der Waals surface area contributed by atoms with E-state index in [4.69, 9.17) is 0 Å². The first-order valence-electron chi connectivity index (χ1n) is 6.93. The quantitative estimate of drug-likeness (QED) is 0.756. The van der Waals surface area contributed by atoms with Crippen molar-refractivity contribution in [3.05, 3.63) is 64.5 Å². The fourth-order valence-corrected chi connectivity index (χ4v) is 3.40. The predicted molar refractivity (Wildman–Crippen MR) is 89.4 cm³/mol. The van der Waals surface area contributed by atoms with Gasteiger partial charge in [-0.05, 0) is 25.5 Å². The molecule has 1 aromatic heterocycles. The lowest BCUT2D eigenvalue weighted by molar-refractivity contribution is 0.0702. The molecule has 3 nitrogen and oxygen atoms in total. The summed E-state index contributed by atoms with van der Waals surface area (Å²) in [7, 11) is 0. The zero-order chi connectivity index (χ0) is 15.7. The monoisotopic (exact) mass is 309 g/mol. The molecule has 4 heteroatoms. The molecule has 0 atom stereocenters. The molecule has 0 aliphatic heterocycles. The van der Waals surface area contributed by atoms with Gasteiger partial charge >= 0.3 is 5.97 Å². The summed E-state index contributed by atoms with van der Waals surface area (Å²) in [4.78, 5) is 16.5. The highest BCUT2D eigenvalue weighted by Gasteiger charge is 2.20. The summed E-state index contributed by atoms with van der Waals surface area (Å²) in [6.07, 6.45) is 0. The molecule has 22 heavy (non-hydrogen) atoms. The van der Waals surface area contributed by atoms with Gasteiger partial charge < -0.3 is 5.11 Å². The van der Waals surface area contributed by atoms with E-state index in [-0.39, 0.29) is 4.88 Å². The van der Waals surface area contributed by atoms with E-state index in [0.29, 0.717) is 5.69 Å². The van der Waals surface area contributed by atoms with E-state index in [1.54, 1.807) is 0 Å². The van der Waals surface area contributed by atoms with Crippen molar-refractivity contribution < 1.29 is 9.90 Å². The van der Waals surface area contributed by atoms with Crippen molar-refractivity contribution in [2.75, 3.05) is 0 Å². The first-order valence-corrected chi connectivity index (χ1v) is 7.75. The Morgan fingerprint density at radius 2 is 1.86 bits per heavy atom. The van der Waals surface area contributed by atoms with Crippen LogP contribution in [0.5, 0.6) is 0 Å². The second-order valence-electron chi connectivity index (χ2n) is 5.19. The fourth-order valence-electron chi connectivity index (χ4n) is 2.38. The molecule has 0 saturated heterocycles. The van der Waals surface area contributed by atoms with Crippen molar-refractivity contribution in [1.29, 1.82) is 0 Å². The molecule has 0 bridgehead atoms. The summed E-state index contributed by atoms with van der Waals surface area (Å²) >= 11 is 1.22. The van der Waals surface area contributed by atoms with Gasteiger partial charge in [0.1, 0.15) is 9.88 Å². The van der Waals surface area contributed by atoms with Gasteiger partial charge in [-0.25, -0.2) is 9.78 Å². The molecular weight excluding hydrogens is 294 g/mol. The summed E-state index contributed by atoms with van der Waals surface area (Å²) in [5.41, 5.74) is 4.53. The lowest BCUT2D eigenvalue weighted by Gasteiger charge is -2.01. The maximum atomic E-state index is 11.6. The van der Waals surface area contributed by atoms with E-state index < -0.39 is 5.97 Å². The molecular formula is C18H15NO2S. The number of rotatable bonds is 3. The number of carboxylic acid groups (broad SMARTS) is 1. The Balaban J connectivity index is 2.19. The van der Waals surface area contributed by atoms with Crippen LogP contribution in [-0.2, 0) is 0 Å². The third-order valence-electron chi connectivity index (χ3n) is 3.49. The van der Waals surface area contributed by atoms with Gasteiger partial charge in [0, 0.05) is 11.1 Å². The second-order valence-corrected chi connectivity index (χ2v) is 6.19. The fraction of sp³-hybridized carbons (Fsp3) is 0.111. The second kappa shape index (κ2) is 5.73. The lowest BCUT2D eigenvalue weighted by Crippen LogP contribution is -1.95. The number of hydrogen-bond acceptors (Lipinski definition) is 3. The standard InChI is InChI=1S/C18H15NO2S/c1-11-6-5-8-13(10-11)15-16(18(20)21)22-17(19-15)14-9-4-3-7-12(14)2/h3-10H,1-2H3,(H,20,21). The Kier molecular flexibility index (Phi) is 3.77. The van der Waals surface area contributed by atoms with E-state index in [9.17, 15) is 9.90 Å². The number of carboxylic acids is 1. The first kappa shape index (κ1) is 14.5. The minimum absolute atomic E-state index is 0.281. The molecule has 110 valence electrons. The van der Waals surface area contributed by atoms with E-state index >= 15 is 0 Å². The molecule has 0 spiro atoms. The highest BCUT2D eigenvalue weighted by molar-refractivity contribution is 7.17. The molecule has 2 aromatic carbocycles. The minimum Gasteiger partial charge on any atom is -0.477 e. The van der Waals surface area contributed by atoms with Crippen LogP contribution in [-0.4, -0.2) is 16.1 Å². The Morgan fingerprint density at radius 1 is 1.09 bits per heavy atom. The minimum atomic E-state index is -0.936. The van der Waals surface area contributed by atoms with Gasteiger partial charge in [0.15, 0.2) is 0 Å². The van der Waals surface area contributed by atoms with Crippen LogP contribution in [0.25, 0.3) is 21.8 Å². The molecule has 0 radical (unpaired) electrons. The molecule has 1 N–H and O–H groups in total. The summed E-state index contributed by atoms with van der Waals surface area (Å²) in [6.45, 7) is 3.99. The number of thiazole rings is 1. The number of aromatic nitrogens is 1. The zero-order valence-corrected chi connectivity index (χ0v) is 13.1. The number of hydrogen-bond donors (Lipinski definition) is 1. The van der Waals surface area contributed by atoms with Crippen LogP contribution in [0, 0.1) is 13.8 Å². The van der Waals surface area contributed by atoms with Crippen LogP contribution >= 0.6 is 11.3 Å². The van der Waals surface area contributed by atoms with E-state index in [1.807, 2.05) is 62.4 Å². The summed E-state index contributed by atoms with van der Waals surface area (Å²) in [6, 6.07) is 15.6. The van der Waals surface area contributed by atoms with E-state index in [2.05, 4.69) is 4.98 Å². The normalized spacial score (nSPS) is 10.6. The molecule has 0 aliphatic carbocycles. The summed E-state index contributed by atoms with van der Waals surface area (Å²) in [5.74, 6) is -0.936. The predicted octanol–water partition coefficient (Wildman–Crippen LogP) is 4.79. The van der Waals surface area contributed by atoms with Crippen LogP contribution in [0.4, 0.5) is 0 Å². The Labute approximate surface area is 132 Å². The van der Waals surface area contributed by atoms with Gasteiger partial charge in [0.2, 0.25) is 0 Å². The van der Waals surface area contributed by atoms with Gasteiger partial charge in [-0.15, -0.1) is 11.3 Å². The SMILES string of the molecule is Cc1cccc(-c2nc(-c3ccccc3C)sc2C(=O)O)c1. The van der Waals surface area contributed by atoms with Crippen molar-refractivity contribution in [2.45, 2.75) is 13.8 Å². The van der Waals surface area contributed by atoms with E-state index in [0.717, 1.165) is 27.3 Å². The maximum absolute atomic E-state index is 11.6. The van der Waals surface area contributed by atoms with Gasteiger partial charge in [0.25, 0.3) is 0 Å². The molecule has 0 fully saturated rings. The van der Waals surface area contributed by atoms with Gasteiger partial charge in [-0.2, -0.15) is 0 Å². The summed E-state index contributed by atoms with van der Waals surface area (Å²) in [5, 5.41) is 10.2. The third kappa shape index (κ3) is 2.65. The Bertz CT molecular complexity index is 852. The molecule has 1 heterocycles. The third-order valence-corrected chi connectivity index (χ3v) is 4.57. The van der Waals surface area contributed by atoms with Gasteiger partial charge in [0.05, 0.1) is 5.69 Å². The van der Waals surface area contributed by atoms with Crippen molar-refractivity contribution in [3.8, 4) is 21.8 Å². The maximum Gasteiger partial charge on any atom is 0.348 e. The highest BCUT2D eigenvalue weighted by atomic mass is 32.1.